The van der Waals surface area contributed by atoms with Crippen LogP contribution in [0.15, 0.2) is 181 Å². The minimum Gasteiger partial charge on any atom is -0.507 e. The molecule has 0 bridgehead atoms. The number of aliphatic carboxylic acids is 1. The van der Waals surface area contributed by atoms with Gasteiger partial charge in [0, 0.05) is 23.6 Å². The van der Waals surface area contributed by atoms with Gasteiger partial charge in [0.2, 0.25) is 15.4 Å². The van der Waals surface area contributed by atoms with Crippen molar-refractivity contribution in [2.75, 3.05) is 36.0 Å². The summed E-state index contributed by atoms with van der Waals surface area (Å²) in [6, 6.07) is 44.7. The van der Waals surface area contributed by atoms with Crippen LogP contribution in [0, 0.1) is 20.8 Å². The lowest BCUT2D eigenvalue weighted by Crippen LogP contribution is -2.29. The SMILES string of the molecule is CC(=O)O.COc1ccc(C(O)=C2C(=O)C(=O)N(c3nnc(C)s3)C2c2ccccc2)cc1.COc1ccc(C(O)=C2C(=O)C(=O)N(c3nnc(C)s3)C2c2ccccc2)cc1.COc1ccc(C(O)=C2C(=O)C(=O)N(c3nnc(C)s3)C2c2ccccc2)cc1. The van der Waals surface area contributed by atoms with Crippen LogP contribution >= 0.6 is 34.0 Å². The van der Waals surface area contributed by atoms with Crippen molar-refractivity contribution in [2.45, 2.75) is 45.8 Å². The second-order valence-corrected chi connectivity index (χ2v) is 23.2. The van der Waals surface area contributed by atoms with E-state index < -0.39 is 59.2 Å². The Hall–Kier alpha value is -11.1. The highest BCUT2D eigenvalue weighted by molar-refractivity contribution is 7.16. The zero-order valence-electron chi connectivity index (χ0n) is 49.4. The van der Waals surface area contributed by atoms with Crippen LogP contribution in [0.3, 0.4) is 0 Å². The van der Waals surface area contributed by atoms with Crippen LogP contribution in [-0.2, 0) is 33.6 Å². The number of aliphatic hydroxyl groups excluding tert-OH is 3. The Morgan fingerprint density at radius 2 is 0.593 bits per heavy atom. The fourth-order valence-electron chi connectivity index (χ4n) is 9.81. The molecule has 0 radical (unpaired) electrons. The van der Waals surface area contributed by atoms with Crippen molar-refractivity contribution in [1.82, 2.24) is 30.6 Å². The number of benzene rings is 6. The number of carbonyl (C=O) groups is 7. The molecule has 0 saturated carbocycles. The number of carboxylic acids is 1. The van der Waals surface area contributed by atoms with Gasteiger partial charge in [-0.2, -0.15) is 0 Å². The number of hydrogen-bond acceptors (Lipinski definition) is 22. The first-order chi connectivity index (χ1) is 43.8. The minimum atomic E-state index is -0.833. The smallest absolute Gasteiger partial charge is 0.301 e. The highest BCUT2D eigenvalue weighted by Crippen LogP contribution is 2.46. The number of carbonyl (C=O) groups excluding carboxylic acids is 6. The molecule has 3 atom stereocenters. The summed E-state index contributed by atoms with van der Waals surface area (Å²) in [7, 11) is 4.62. The molecule has 26 heteroatoms. The average Bonchev–Trinajstić information content (AvgIpc) is 1.63. The number of ether oxygens (including phenoxy) is 3. The van der Waals surface area contributed by atoms with Crippen molar-refractivity contribution in [1.29, 1.82) is 0 Å². The summed E-state index contributed by atoms with van der Waals surface area (Å²) in [5.41, 5.74) is 3.35. The number of Topliss-reactive ketones (excluding diaryl/α,β-unsaturated/α-hetero) is 3. The van der Waals surface area contributed by atoms with Gasteiger partial charge in [-0.1, -0.05) is 125 Å². The van der Waals surface area contributed by atoms with E-state index in [9.17, 15) is 44.1 Å². The van der Waals surface area contributed by atoms with E-state index in [4.69, 9.17) is 24.1 Å². The predicted octanol–water partition coefficient (Wildman–Crippen LogP) is 10.5. The number of aromatic nitrogens is 6. The molecule has 12 rings (SSSR count). The summed E-state index contributed by atoms with van der Waals surface area (Å²) >= 11 is 3.64. The molecule has 3 aliphatic heterocycles. The number of amides is 3. The normalized spacial score (nSPS) is 17.7. The predicted molar refractivity (Wildman–Crippen MR) is 340 cm³/mol. The molecule has 3 unspecified atom stereocenters. The minimum absolute atomic E-state index is 0.0132. The second kappa shape index (κ2) is 28.4. The van der Waals surface area contributed by atoms with Crippen LogP contribution in [0.25, 0.3) is 17.3 Å². The first kappa shape index (κ1) is 64.4. The maximum Gasteiger partial charge on any atom is 0.301 e. The van der Waals surface area contributed by atoms with Crippen molar-refractivity contribution in [3.63, 3.8) is 0 Å². The number of rotatable bonds is 12. The van der Waals surface area contributed by atoms with Crippen LogP contribution in [0.2, 0.25) is 0 Å². The van der Waals surface area contributed by atoms with Crippen molar-refractivity contribution in [3.05, 3.63) is 229 Å². The lowest BCUT2D eigenvalue weighted by Gasteiger charge is -2.22. The molecule has 0 spiro atoms. The van der Waals surface area contributed by atoms with Crippen LogP contribution in [0.1, 0.15) is 73.5 Å². The molecular weight excluding hydrogens is 1230 g/mol. The van der Waals surface area contributed by atoms with Crippen molar-refractivity contribution in [3.8, 4) is 17.2 Å². The molecule has 4 N–H and O–H groups in total. The highest BCUT2D eigenvalue weighted by atomic mass is 32.1. The first-order valence-electron chi connectivity index (χ1n) is 27.4. The van der Waals surface area contributed by atoms with Gasteiger partial charge < -0.3 is 34.6 Å². The van der Waals surface area contributed by atoms with Crippen LogP contribution in [0.4, 0.5) is 15.4 Å². The number of ketones is 3. The van der Waals surface area contributed by atoms with Gasteiger partial charge in [-0.25, -0.2) is 0 Å². The van der Waals surface area contributed by atoms with Crippen molar-refractivity contribution in [2.24, 2.45) is 0 Å². The molecule has 9 aromatic rings. The number of aliphatic hydroxyl groups is 3. The van der Waals surface area contributed by atoms with E-state index in [1.807, 2.05) is 54.6 Å². The fourth-order valence-corrected chi connectivity index (χ4v) is 11.9. The van der Waals surface area contributed by atoms with E-state index in [0.717, 1.165) is 6.92 Å². The molecule has 3 saturated heterocycles. The molecule has 91 heavy (non-hydrogen) atoms. The van der Waals surface area contributed by atoms with Crippen LogP contribution < -0.4 is 28.9 Å². The maximum atomic E-state index is 12.9. The third-order valence-corrected chi connectivity index (χ3v) is 16.4. The zero-order valence-corrected chi connectivity index (χ0v) is 51.9. The Labute approximate surface area is 531 Å². The number of aryl methyl sites for hydroxylation is 3. The van der Waals surface area contributed by atoms with Gasteiger partial charge in [-0.15, -0.1) is 30.6 Å². The molecule has 3 aliphatic rings. The largest absolute Gasteiger partial charge is 0.507 e. The summed E-state index contributed by atoms with van der Waals surface area (Å²) in [6.45, 7) is 6.39. The third-order valence-electron chi connectivity index (χ3n) is 13.9. The van der Waals surface area contributed by atoms with E-state index in [2.05, 4.69) is 30.6 Å². The monoisotopic (exact) mass is 1280 g/mol. The lowest BCUT2D eigenvalue weighted by atomic mass is 9.95. The van der Waals surface area contributed by atoms with E-state index in [1.54, 1.807) is 151 Å². The number of carboxylic acid groups (broad SMARTS) is 1. The van der Waals surface area contributed by atoms with Crippen molar-refractivity contribution < 1.29 is 68.2 Å². The zero-order chi connectivity index (χ0) is 65.2. The topological polar surface area (TPSA) is 315 Å². The van der Waals surface area contributed by atoms with Gasteiger partial charge in [-0.05, 0) is 110 Å². The summed E-state index contributed by atoms with van der Waals surface area (Å²) < 4.78 is 15.4. The Kier molecular flexibility index (Phi) is 20.1. The van der Waals surface area contributed by atoms with E-state index in [1.165, 1.54) is 48.7 Å². The van der Waals surface area contributed by atoms with Gasteiger partial charge in [-0.3, -0.25) is 48.3 Å². The van der Waals surface area contributed by atoms with Gasteiger partial charge in [0.05, 0.1) is 56.2 Å². The van der Waals surface area contributed by atoms with Crippen LogP contribution in [0.5, 0.6) is 17.2 Å². The first-order valence-corrected chi connectivity index (χ1v) is 29.8. The molecule has 0 aliphatic carbocycles. The number of methoxy groups -OCH3 is 3. The lowest BCUT2D eigenvalue weighted by molar-refractivity contribution is -0.134. The number of nitrogens with zero attached hydrogens (tertiary/aromatic N) is 9. The van der Waals surface area contributed by atoms with Gasteiger partial charge in [0.25, 0.3) is 23.3 Å². The molecule has 462 valence electrons. The molecule has 23 nitrogen and oxygen atoms in total. The van der Waals surface area contributed by atoms with Crippen molar-refractivity contribution >= 4 is 108 Å². The standard InChI is InChI=1S/3C21H17N3O4S.C2H4O2/c3*1-12-22-23-21(29-12)24-17(13-6-4-3-5-7-13)16(19(26)20(24)27)18(25)14-8-10-15(28-2)11-9-14;1-2(3)4/h3*3-11,17,25H,1-2H3;1H3,(H,3,4). The van der Waals surface area contributed by atoms with Gasteiger partial charge in [0.15, 0.2) is 0 Å². The van der Waals surface area contributed by atoms with E-state index in [0.29, 0.717) is 81.0 Å². The molecule has 3 aromatic heterocycles. The second-order valence-electron chi connectivity index (χ2n) is 19.8. The maximum absolute atomic E-state index is 12.9. The summed E-state index contributed by atoms with van der Waals surface area (Å²) in [4.78, 5) is 90.4. The molecule has 3 amide bonds. The Morgan fingerprint density at radius 3 is 0.780 bits per heavy atom. The summed E-state index contributed by atoms with van der Waals surface area (Å²) in [5, 5.41) is 67.3. The third kappa shape index (κ3) is 13.8. The fraction of sp³-hybridized carbons (Fsp3) is 0.154. The van der Waals surface area contributed by atoms with Gasteiger partial charge in [0.1, 0.15) is 49.5 Å². The van der Waals surface area contributed by atoms with Gasteiger partial charge >= 0.3 is 17.7 Å². The Balaban J connectivity index is 0.000000157. The van der Waals surface area contributed by atoms with Crippen LogP contribution in [-0.4, -0.2) is 113 Å². The molecule has 3 fully saturated rings. The number of hydrogen-bond donors (Lipinski definition) is 4. The Morgan fingerprint density at radius 1 is 0.374 bits per heavy atom. The summed E-state index contributed by atoms with van der Waals surface area (Å²) in [5.74, 6) is -4.25. The molecule has 6 aromatic carbocycles. The summed E-state index contributed by atoms with van der Waals surface area (Å²) in [6.07, 6.45) is 0. The quantitative estimate of drug-likeness (QED) is 0.0502. The average molecular weight is 1280 g/mol. The Bertz CT molecular complexity index is 3860. The molecule has 6 heterocycles. The van der Waals surface area contributed by atoms with E-state index in [-0.39, 0.29) is 34.0 Å². The van der Waals surface area contributed by atoms with E-state index >= 15 is 0 Å². The number of anilines is 3. The molecular formula is C65H55N9O14S3. The highest BCUT2D eigenvalue weighted by Gasteiger charge is 2.51.